The molecule has 0 bridgehead atoms. The van der Waals surface area contributed by atoms with Gasteiger partial charge in [-0.1, -0.05) is 0 Å². The number of halogens is 1. The molecule has 0 saturated carbocycles. The number of hydrogen-bond acceptors (Lipinski definition) is 7. The van der Waals surface area contributed by atoms with Gasteiger partial charge in [-0.25, -0.2) is 9.78 Å². The second kappa shape index (κ2) is 8.20. The van der Waals surface area contributed by atoms with Crippen molar-refractivity contribution in [2.45, 2.75) is 0 Å². The van der Waals surface area contributed by atoms with Crippen LogP contribution in [0.4, 0.5) is 5.69 Å². The highest BCUT2D eigenvalue weighted by Crippen LogP contribution is 2.33. The van der Waals surface area contributed by atoms with Crippen LogP contribution in [-0.4, -0.2) is 16.9 Å². The lowest BCUT2D eigenvalue weighted by molar-refractivity contribution is 0.0700. The third kappa shape index (κ3) is 3.93. The fraction of sp³-hybridized carbons (Fsp3) is 0. The first-order chi connectivity index (χ1) is 15.6. The molecule has 0 atom stereocenters. The third-order valence-corrected chi connectivity index (χ3v) is 5.11. The number of rotatable bonds is 5. The summed E-state index contributed by atoms with van der Waals surface area (Å²) in [4.78, 5) is 28.7. The summed E-state index contributed by atoms with van der Waals surface area (Å²) in [6.45, 7) is 0. The van der Waals surface area contributed by atoms with Gasteiger partial charge in [0, 0.05) is 11.3 Å². The summed E-state index contributed by atoms with van der Waals surface area (Å²) in [6, 6.07) is 16.6. The largest absolute Gasteiger partial charge is 0.459 e. The Kier molecular flexibility index (Phi) is 5.08. The van der Waals surface area contributed by atoms with E-state index in [2.05, 4.69) is 26.2 Å². The van der Waals surface area contributed by atoms with E-state index in [-0.39, 0.29) is 17.4 Å². The first-order valence-electron chi connectivity index (χ1n) is 9.38. The zero-order chi connectivity index (χ0) is 22.1. The van der Waals surface area contributed by atoms with Gasteiger partial charge < -0.3 is 23.3 Å². The number of nitrogens with zero attached hydrogens (tertiary/aromatic N) is 1. The zero-order valence-corrected chi connectivity index (χ0v) is 17.8. The van der Waals surface area contributed by atoms with E-state index in [9.17, 15) is 9.59 Å². The van der Waals surface area contributed by atoms with E-state index >= 15 is 0 Å². The standard InChI is InChI=1S/C23H13BrN2O6/c24-15-11-13(5-7-17(15)32-23(28)20-4-2-10-30-20)22-26-16-12-14(6-8-18(16)31-22)25-21(27)19-3-1-9-29-19/h1-12H,(H,25,27). The molecule has 8 nitrogen and oxygen atoms in total. The molecule has 0 aliphatic heterocycles. The van der Waals surface area contributed by atoms with E-state index in [0.717, 1.165) is 0 Å². The molecule has 0 aliphatic carbocycles. The smallest absolute Gasteiger partial charge is 0.379 e. The van der Waals surface area contributed by atoms with Gasteiger partial charge in [0.2, 0.25) is 11.7 Å². The summed E-state index contributed by atoms with van der Waals surface area (Å²) in [7, 11) is 0. The van der Waals surface area contributed by atoms with Gasteiger partial charge in [-0.3, -0.25) is 4.79 Å². The van der Waals surface area contributed by atoms with E-state index in [1.54, 1.807) is 54.6 Å². The molecule has 9 heteroatoms. The van der Waals surface area contributed by atoms with Crippen LogP contribution in [0.5, 0.6) is 5.75 Å². The van der Waals surface area contributed by atoms with E-state index in [1.165, 1.54) is 18.6 Å². The number of hydrogen-bond donors (Lipinski definition) is 1. The maximum absolute atomic E-state index is 12.2. The van der Waals surface area contributed by atoms with E-state index in [0.29, 0.717) is 38.5 Å². The van der Waals surface area contributed by atoms with Crippen molar-refractivity contribution in [2.75, 3.05) is 5.32 Å². The van der Waals surface area contributed by atoms with E-state index in [1.807, 2.05) is 0 Å². The summed E-state index contributed by atoms with van der Waals surface area (Å²) >= 11 is 3.40. The third-order valence-electron chi connectivity index (χ3n) is 4.49. The molecular formula is C23H13BrN2O6. The Bertz CT molecular complexity index is 1420. The Morgan fingerprint density at radius 2 is 1.72 bits per heavy atom. The summed E-state index contributed by atoms with van der Waals surface area (Å²) in [5.74, 6) is 0.0583. The van der Waals surface area contributed by atoms with Crippen LogP contribution in [0.2, 0.25) is 0 Å². The lowest BCUT2D eigenvalue weighted by atomic mass is 10.2. The van der Waals surface area contributed by atoms with Crippen molar-refractivity contribution < 1.29 is 27.6 Å². The van der Waals surface area contributed by atoms with Crippen LogP contribution in [-0.2, 0) is 0 Å². The van der Waals surface area contributed by atoms with Crippen molar-refractivity contribution in [3.63, 3.8) is 0 Å². The van der Waals surface area contributed by atoms with E-state index in [4.69, 9.17) is 18.0 Å². The highest BCUT2D eigenvalue weighted by atomic mass is 79.9. The monoisotopic (exact) mass is 492 g/mol. The number of benzene rings is 2. The van der Waals surface area contributed by atoms with Gasteiger partial charge in [0.25, 0.3) is 5.91 Å². The number of nitrogens with one attached hydrogen (secondary N) is 1. The van der Waals surface area contributed by atoms with Gasteiger partial charge in [0.05, 0.1) is 17.0 Å². The summed E-state index contributed by atoms with van der Waals surface area (Å²) in [5, 5.41) is 2.75. The Labute approximate surface area is 188 Å². The quantitative estimate of drug-likeness (QED) is 0.239. The molecule has 2 aromatic carbocycles. The molecule has 5 aromatic rings. The number of anilines is 1. The molecule has 1 amide bonds. The number of oxazole rings is 1. The van der Waals surface area contributed by atoms with Crippen molar-refractivity contribution >= 4 is 44.6 Å². The highest BCUT2D eigenvalue weighted by molar-refractivity contribution is 9.10. The Morgan fingerprint density at radius 3 is 2.44 bits per heavy atom. The Morgan fingerprint density at radius 1 is 0.938 bits per heavy atom. The summed E-state index contributed by atoms with van der Waals surface area (Å²) in [5.41, 5.74) is 2.36. The fourth-order valence-electron chi connectivity index (χ4n) is 2.99. The van der Waals surface area contributed by atoms with Crippen LogP contribution in [0.15, 0.2) is 90.9 Å². The first-order valence-corrected chi connectivity index (χ1v) is 10.2. The Hall–Kier alpha value is -4.11. The molecule has 3 heterocycles. The average molecular weight is 493 g/mol. The molecule has 0 saturated heterocycles. The number of esters is 1. The second-order valence-electron chi connectivity index (χ2n) is 6.64. The lowest BCUT2D eigenvalue weighted by Gasteiger charge is -2.06. The van der Waals surface area contributed by atoms with Crippen LogP contribution in [0.1, 0.15) is 21.1 Å². The van der Waals surface area contributed by atoms with Crippen LogP contribution in [0, 0.1) is 0 Å². The Balaban J connectivity index is 1.36. The number of ether oxygens (including phenoxy) is 1. The molecule has 0 fully saturated rings. The van der Waals surface area contributed by atoms with Crippen molar-refractivity contribution in [1.82, 2.24) is 4.98 Å². The molecule has 5 rings (SSSR count). The maximum Gasteiger partial charge on any atom is 0.379 e. The maximum atomic E-state index is 12.2. The minimum Gasteiger partial charge on any atom is -0.459 e. The molecule has 3 aromatic heterocycles. The molecular weight excluding hydrogens is 480 g/mol. The van der Waals surface area contributed by atoms with Crippen molar-refractivity contribution in [2.24, 2.45) is 0 Å². The predicted molar refractivity (Wildman–Crippen MR) is 117 cm³/mol. The molecule has 0 aliphatic rings. The molecule has 32 heavy (non-hydrogen) atoms. The van der Waals surface area contributed by atoms with Gasteiger partial charge in [-0.2, -0.15) is 0 Å². The lowest BCUT2D eigenvalue weighted by Crippen LogP contribution is -2.10. The van der Waals surface area contributed by atoms with Gasteiger partial charge >= 0.3 is 5.97 Å². The number of furan rings is 2. The molecule has 0 radical (unpaired) electrons. The van der Waals surface area contributed by atoms with Gasteiger partial charge in [0.1, 0.15) is 11.3 Å². The van der Waals surface area contributed by atoms with Crippen LogP contribution >= 0.6 is 15.9 Å². The van der Waals surface area contributed by atoms with Gasteiger partial charge in [0.15, 0.2) is 11.3 Å². The molecule has 1 N–H and O–H groups in total. The van der Waals surface area contributed by atoms with Gasteiger partial charge in [-0.15, -0.1) is 0 Å². The van der Waals surface area contributed by atoms with Crippen molar-refractivity contribution in [3.8, 4) is 17.2 Å². The highest BCUT2D eigenvalue weighted by Gasteiger charge is 2.16. The van der Waals surface area contributed by atoms with Crippen LogP contribution < -0.4 is 10.1 Å². The average Bonchev–Trinajstić information content (AvgIpc) is 3.55. The number of carbonyl (C=O) groups is 2. The minimum absolute atomic E-state index is 0.106. The molecule has 158 valence electrons. The molecule has 0 unspecified atom stereocenters. The summed E-state index contributed by atoms with van der Waals surface area (Å²) < 4.78 is 21.9. The fourth-order valence-corrected chi connectivity index (χ4v) is 3.45. The number of carbonyl (C=O) groups excluding carboxylic acids is 2. The SMILES string of the molecule is O=C(Nc1ccc2oc(-c3ccc(OC(=O)c4ccco4)c(Br)c3)nc2c1)c1ccco1. The normalized spacial score (nSPS) is 10.9. The molecule has 0 spiro atoms. The zero-order valence-electron chi connectivity index (χ0n) is 16.2. The topological polar surface area (TPSA) is 108 Å². The number of aromatic nitrogens is 1. The van der Waals surface area contributed by atoms with Gasteiger partial charge in [-0.05, 0) is 76.6 Å². The van der Waals surface area contributed by atoms with Crippen LogP contribution in [0.25, 0.3) is 22.6 Å². The van der Waals surface area contributed by atoms with Crippen molar-refractivity contribution in [1.29, 1.82) is 0 Å². The number of fused-ring (bicyclic) bond motifs is 1. The van der Waals surface area contributed by atoms with Crippen molar-refractivity contribution in [3.05, 3.63) is 89.2 Å². The van der Waals surface area contributed by atoms with E-state index < -0.39 is 5.97 Å². The second-order valence-corrected chi connectivity index (χ2v) is 7.50. The number of amides is 1. The first kappa shape index (κ1) is 19.8. The predicted octanol–water partition coefficient (Wildman–Crippen LogP) is 5.91. The minimum atomic E-state index is -0.602. The van der Waals surface area contributed by atoms with Crippen LogP contribution in [0.3, 0.4) is 0 Å². The summed E-state index contributed by atoms with van der Waals surface area (Å²) in [6.07, 6.45) is 2.83.